The fourth-order valence-corrected chi connectivity index (χ4v) is 2.98. The molecule has 0 radical (unpaired) electrons. The third-order valence-electron chi connectivity index (χ3n) is 4.14. The molecule has 1 N–H and O–H groups in total. The highest BCUT2D eigenvalue weighted by Gasteiger charge is 2.26. The molecule has 1 saturated heterocycles. The summed E-state index contributed by atoms with van der Waals surface area (Å²) in [5.41, 5.74) is 4.30. The molecule has 1 aromatic rings. The largest absolute Gasteiger partial charge is 0.377 e. The first-order chi connectivity index (χ1) is 9.22. The van der Waals surface area contributed by atoms with Gasteiger partial charge in [-0.1, -0.05) is 25.1 Å². The minimum absolute atomic E-state index is 0.394. The van der Waals surface area contributed by atoms with Crippen LogP contribution in [0.2, 0.25) is 0 Å². The SMILES string of the molecule is CCCNC(Cc1c(C)cccc1C)C1CCCO1. The van der Waals surface area contributed by atoms with Crippen LogP contribution in [-0.2, 0) is 11.2 Å². The maximum atomic E-state index is 5.90. The maximum Gasteiger partial charge on any atom is 0.0732 e. The molecule has 2 rings (SSSR count). The number of rotatable bonds is 6. The molecular weight excluding hydrogens is 234 g/mol. The van der Waals surface area contributed by atoms with Crippen molar-refractivity contribution in [2.75, 3.05) is 13.2 Å². The highest BCUT2D eigenvalue weighted by Crippen LogP contribution is 2.22. The van der Waals surface area contributed by atoms with Crippen LogP contribution in [0, 0.1) is 13.8 Å². The standard InChI is InChI=1S/C17H27NO/c1-4-10-18-16(17-9-6-11-19-17)12-15-13(2)7-5-8-14(15)3/h5,7-8,16-18H,4,6,9-12H2,1-3H3. The lowest BCUT2D eigenvalue weighted by molar-refractivity contribution is 0.0783. The Morgan fingerprint density at radius 3 is 2.63 bits per heavy atom. The van der Waals surface area contributed by atoms with Gasteiger partial charge in [0.25, 0.3) is 0 Å². The third kappa shape index (κ3) is 3.80. The van der Waals surface area contributed by atoms with Gasteiger partial charge in [0.2, 0.25) is 0 Å². The fourth-order valence-electron chi connectivity index (χ4n) is 2.98. The van der Waals surface area contributed by atoms with Gasteiger partial charge in [-0.2, -0.15) is 0 Å². The zero-order chi connectivity index (χ0) is 13.7. The average Bonchev–Trinajstić information content (AvgIpc) is 2.91. The van der Waals surface area contributed by atoms with E-state index in [1.54, 1.807) is 0 Å². The fraction of sp³-hybridized carbons (Fsp3) is 0.647. The Hall–Kier alpha value is -0.860. The summed E-state index contributed by atoms with van der Waals surface area (Å²) >= 11 is 0. The Balaban J connectivity index is 2.10. The summed E-state index contributed by atoms with van der Waals surface area (Å²) in [5, 5.41) is 3.69. The number of aryl methyl sites for hydroxylation is 2. The molecule has 19 heavy (non-hydrogen) atoms. The summed E-state index contributed by atoms with van der Waals surface area (Å²) in [6.45, 7) is 8.67. The molecule has 0 spiro atoms. The van der Waals surface area contributed by atoms with Crippen molar-refractivity contribution in [3.8, 4) is 0 Å². The number of ether oxygens (including phenoxy) is 1. The number of benzene rings is 1. The minimum Gasteiger partial charge on any atom is -0.377 e. The van der Waals surface area contributed by atoms with Crippen molar-refractivity contribution in [1.82, 2.24) is 5.32 Å². The van der Waals surface area contributed by atoms with Gasteiger partial charge in [0, 0.05) is 12.6 Å². The molecular formula is C17H27NO. The van der Waals surface area contributed by atoms with Crippen LogP contribution in [0.1, 0.15) is 42.9 Å². The van der Waals surface area contributed by atoms with E-state index in [0.717, 1.165) is 19.6 Å². The molecule has 0 bridgehead atoms. The van der Waals surface area contributed by atoms with Crippen molar-refractivity contribution in [1.29, 1.82) is 0 Å². The van der Waals surface area contributed by atoms with Crippen LogP contribution < -0.4 is 5.32 Å². The summed E-state index contributed by atoms with van der Waals surface area (Å²) in [4.78, 5) is 0. The molecule has 0 aliphatic carbocycles. The van der Waals surface area contributed by atoms with E-state index in [4.69, 9.17) is 4.74 Å². The van der Waals surface area contributed by atoms with Crippen molar-refractivity contribution in [3.63, 3.8) is 0 Å². The normalized spacial score (nSPS) is 20.7. The second kappa shape index (κ2) is 7.06. The molecule has 2 unspecified atom stereocenters. The van der Waals surface area contributed by atoms with Crippen LogP contribution in [-0.4, -0.2) is 25.3 Å². The van der Waals surface area contributed by atoms with Crippen molar-refractivity contribution in [2.24, 2.45) is 0 Å². The lowest BCUT2D eigenvalue weighted by Crippen LogP contribution is -2.42. The summed E-state index contributed by atoms with van der Waals surface area (Å²) in [5.74, 6) is 0. The van der Waals surface area contributed by atoms with E-state index >= 15 is 0 Å². The van der Waals surface area contributed by atoms with E-state index in [0.29, 0.717) is 12.1 Å². The average molecular weight is 261 g/mol. The van der Waals surface area contributed by atoms with Crippen molar-refractivity contribution in [2.45, 2.75) is 58.6 Å². The van der Waals surface area contributed by atoms with E-state index in [9.17, 15) is 0 Å². The van der Waals surface area contributed by atoms with E-state index in [1.165, 1.54) is 36.0 Å². The molecule has 2 nitrogen and oxygen atoms in total. The smallest absolute Gasteiger partial charge is 0.0732 e. The highest BCUT2D eigenvalue weighted by atomic mass is 16.5. The summed E-state index contributed by atoms with van der Waals surface area (Å²) in [6.07, 6.45) is 5.07. The first kappa shape index (κ1) is 14.5. The lowest BCUT2D eigenvalue weighted by Gasteiger charge is -2.26. The molecule has 1 aliphatic heterocycles. The molecule has 1 fully saturated rings. The second-order valence-corrected chi connectivity index (χ2v) is 5.69. The number of hydrogen-bond acceptors (Lipinski definition) is 2. The molecule has 1 heterocycles. The van der Waals surface area contributed by atoms with Gasteiger partial charge in [0.15, 0.2) is 0 Å². The molecule has 2 heteroatoms. The van der Waals surface area contributed by atoms with Gasteiger partial charge < -0.3 is 10.1 Å². The zero-order valence-corrected chi connectivity index (χ0v) is 12.5. The molecule has 0 amide bonds. The quantitative estimate of drug-likeness (QED) is 0.847. The molecule has 1 aromatic carbocycles. The van der Waals surface area contributed by atoms with Crippen molar-refractivity contribution < 1.29 is 4.74 Å². The monoisotopic (exact) mass is 261 g/mol. The van der Waals surface area contributed by atoms with Crippen LogP contribution in [0.5, 0.6) is 0 Å². The van der Waals surface area contributed by atoms with Gasteiger partial charge in [-0.3, -0.25) is 0 Å². The first-order valence-electron chi connectivity index (χ1n) is 7.62. The predicted octanol–water partition coefficient (Wildman–Crippen LogP) is 3.39. The van der Waals surface area contributed by atoms with E-state index < -0.39 is 0 Å². The van der Waals surface area contributed by atoms with Crippen LogP contribution in [0.15, 0.2) is 18.2 Å². The van der Waals surface area contributed by atoms with Gasteiger partial charge >= 0.3 is 0 Å². The minimum atomic E-state index is 0.394. The van der Waals surface area contributed by atoms with Crippen LogP contribution >= 0.6 is 0 Å². The Morgan fingerprint density at radius 1 is 1.32 bits per heavy atom. The van der Waals surface area contributed by atoms with Crippen molar-refractivity contribution in [3.05, 3.63) is 34.9 Å². The summed E-state index contributed by atoms with van der Waals surface area (Å²) in [6, 6.07) is 7.04. The van der Waals surface area contributed by atoms with Gasteiger partial charge in [-0.05, 0) is 62.8 Å². The topological polar surface area (TPSA) is 21.3 Å². The van der Waals surface area contributed by atoms with Gasteiger partial charge in [-0.25, -0.2) is 0 Å². The van der Waals surface area contributed by atoms with Crippen molar-refractivity contribution >= 4 is 0 Å². The molecule has 0 saturated carbocycles. The van der Waals surface area contributed by atoms with Crippen LogP contribution in [0.4, 0.5) is 0 Å². The van der Waals surface area contributed by atoms with Crippen LogP contribution in [0.3, 0.4) is 0 Å². The first-order valence-corrected chi connectivity index (χ1v) is 7.62. The Morgan fingerprint density at radius 2 is 2.05 bits per heavy atom. The second-order valence-electron chi connectivity index (χ2n) is 5.69. The zero-order valence-electron chi connectivity index (χ0n) is 12.5. The van der Waals surface area contributed by atoms with Gasteiger partial charge in [-0.15, -0.1) is 0 Å². The Labute approximate surface area is 117 Å². The third-order valence-corrected chi connectivity index (χ3v) is 4.14. The summed E-state index contributed by atoms with van der Waals surface area (Å²) < 4.78 is 5.90. The number of hydrogen-bond donors (Lipinski definition) is 1. The van der Waals surface area contributed by atoms with Gasteiger partial charge in [0.1, 0.15) is 0 Å². The lowest BCUT2D eigenvalue weighted by atomic mass is 9.93. The summed E-state index contributed by atoms with van der Waals surface area (Å²) in [7, 11) is 0. The maximum absolute atomic E-state index is 5.90. The molecule has 2 atom stereocenters. The van der Waals surface area contributed by atoms with Crippen LogP contribution in [0.25, 0.3) is 0 Å². The Kier molecular flexibility index (Phi) is 5.41. The molecule has 0 aromatic heterocycles. The van der Waals surface area contributed by atoms with E-state index in [1.807, 2.05) is 0 Å². The Bertz CT molecular complexity index is 376. The molecule has 106 valence electrons. The number of nitrogens with one attached hydrogen (secondary N) is 1. The van der Waals surface area contributed by atoms with E-state index in [-0.39, 0.29) is 0 Å². The van der Waals surface area contributed by atoms with Gasteiger partial charge in [0.05, 0.1) is 6.10 Å². The molecule has 1 aliphatic rings. The highest BCUT2D eigenvalue weighted by molar-refractivity contribution is 5.34. The predicted molar refractivity (Wildman–Crippen MR) is 80.7 cm³/mol. The van der Waals surface area contributed by atoms with E-state index in [2.05, 4.69) is 44.3 Å².